The quantitative estimate of drug-likeness (QED) is 0.177. The predicted molar refractivity (Wildman–Crippen MR) is 171 cm³/mol. The maximum atomic E-state index is 13.2. The largest absolute Gasteiger partial charge is 0.456 e. The Morgan fingerprint density at radius 1 is 0.628 bits per heavy atom. The summed E-state index contributed by atoms with van der Waals surface area (Å²) in [7, 11) is 0. The number of esters is 1. The first-order chi connectivity index (χ1) is 21.1. The summed E-state index contributed by atoms with van der Waals surface area (Å²) in [5.74, 6) is 1.06. The monoisotopic (exact) mass is 566 g/mol. The Labute approximate surface area is 252 Å². The van der Waals surface area contributed by atoms with Crippen molar-refractivity contribution in [3.8, 4) is 11.5 Å². The molecule has 0 saturated heterocycles. The van der Waals surface area contributed by atoms with Crippen LogP contribution in [-0.4, -0.2) is 19.1 Å². The molecule has 1 spiro atoms. The van der Waals surface area contributed by atoms with Gasteiger partial charge in [0.1, 0.15) is 11.5 Å². The Morgan fingerprint density at radius 3 is 2.12 bits per heavy atom. The number of fused-ring (bicyclic) bond motifs is 6. The standard InChI is InChI=1S/C38H34N2O3/c1-3-39(4-2)34-20-12-8-16-28(34)26-40(25-27-14-6-5-7-15-27)29-22-23-33-36(24-29)42-35-21-13-11-19-32(35)38(33)31-18-10-9-17-30(31)37(41)43-38/h5-24H,3-4,25-26H2,1-2H3. The second kappa shape index (κ2) is 11.0. The van der Waals surface area contributed by atoms with E-state index in [1.54, 1.807) is 0 Å². The maximum Gasteiger partial charge on any atom is 0.340 e. The van der Waals surface area contributed by atoms with Crippen LogP contribution in [0.4, 0.5) is 11.4 Å². The van der Waals surface area contributed by atoms with Gasteiger partial charge < -0.3 is 19.3 Å². The number of nitrogens with zero attached hydrogens (tertiary/aromatic N) is 2. The predicted octanol–water partition coefficient (Wildman–Crippen LogP) is 8.31. The summed E-state index contributed by atoms with van der Waals surface area (Å²) in [5, 5.41) is 0. The molecule has 0 radical (unpaired) electrons. The number of hydrogen-bond acceptors (Lipinski definition) is 5. The Balaban J connectivity index is 1.35. The van der Waals surface area contributed by atoms with Crippen molar-refractivity contribution in [3.63, 3.8) is 0 Å². The van der Waals surface area contributed by atoms with Crippen LogP contribution in [0.15, 0.2) is 121 Å². The highest BCUT2D eigenvalue weighted by Gasteiger charge is 2.53. The molecule has 2 aliphatic rings. The third kappa shape index (κ3) is 4.52. The third-order valence-electron chi connectivity index (χ3n) is 8.64. The molecule has 0 aliphatic carbocycles. The van der Waals surface area contributed by atoms with Gasteiger partial charge in [-0.3, -0.25) is 0 Å². The molecule has 5 aromatic rings. The molecule has 0 aromatic heterocycles. The van der Waals surface area contributed by atoms with E-state index in [-0.39, 0.29) is 5.97 Å². The number of ether oxygens (including phenoxy) is 2. The molecule has 2 heterocycles. The molecular weight excluding hydrogens is 532 g/mol. The van der Waals surface area contributed by atoms with Crippen LogP contribution >= 0.6 is 0 Å². The molecule has 0 amide bonds. The van der Waals surface area contributed by atoms with Gasteiger partial charge >= 0.3 is 5.97 Å². The van der Waals surface area contributed by atoms with E-state index in [0.29, 0.717) is 17.1 Å². The van der Waals surface area contributed by atoms with Gasteiger partial charge in [0, 0.05) is 60.3 Å². The number of carbonyl (C=O) groups is 1. The van der Waals surface area contributed by atoms with Crippen LogP contribution < -0.4 is 14.5 Å². The van der Waals surface area contributed by atoms with Crippen LogP contribution in [0.3, 0.4) is 0 Å². The first kappa shape index (κ1) is 26.8. The lowest BCUT2D eigenvalue weighted by molar-refractivity contribution is 0.0224. The van der Waals surface area contributed by atoms with Crippen LogP contribution in [0, 0.1) is 0 Å². The van der Waals surface area contributed by atoms with Gasteiger partial charge in [-0.2, -0.15) is 0 Å². The highest BCUT2D eigenvalue weighted by Crippen LogP contribution is 2.56. The summed E-state index contributed by atoms with van der Waals surface area (Å²) >= 11 is 0. The van der Waals surface area contributed by atoms with E-state index in [4.69, 9.17) is 9.47 Å². The number of hydrogen-bond donors (Lipinski definition) is 0. The molecule has 214 valence electrons. The molecule has 7 rings (SSSR count). The van der Waals surface area contributed by atoms with E-state index >= 15 is 0 Å². The Morgan fingerprint density at radius 2 is 1.30 bits per heavy atom. The number of para-hydroxylation sites is 2. The molecule has 5 aromatic carbocycles. The molecule has 0 bridgehead atoms. The summed E-state index contributed by atoms with van der Waals surface area (Å²) in [5.41, 5.74) is 6.82. The molecule has 0 saturated carbocycles. The summed E-state index contributed by atoms with van der Waals surface area (Å²) in [4.78, 5) is 18.0. The summed E-state index contributed by atoms with van der Waals surface area (Å²) < 4.78 is 12.9. The van der Waals surface area contributed by atoms with Crippen LogP contribution in [0.2, 0.25) is 0 Å². The molecule has 43 heavy (non-hydrogen) atoms. The second-order valence-corrected chi connectivity index (χ2v) is 11.0. The van der Waals surface area contributed by atoms with Crippen LogP contribution in [0.1, 0.15) is 52.0 Å². The van der Waals surface area contributed by atoms with Crippen LogP contribution in [0.5, 0.6) is 11.5 Å². The van der Waals surface area contributed by atoms with Gasteiger partial charge in [0.05, 0.1) is 5.56 Å². The first-order valence-electron chi connectivity index (χ1n) is 15.0. The maximum absolute atomic E-state index is 13.2. The van der Waals surface area contributed by atoms with E-state index in [1.807, 2.05) is 54.6 Å². The van der Waals surface area contributed by atoms with Gasteiger partial charge in [-0.25, -0.2) is 4.79 Å². The lowest BCUT2D eigenvalue weighted by Gasteiger charge is -2.37. The minimum absolute atomic E-state index is 0.318. The smallest absolute Gasteiger partial charge is 0.340 e. The second-order valence-electron chi connectivity index (χ2n) is 11.0. The normalized spacial score (nSPS) is 16.1. The molecule has 2 aliphatic heterocycles. The molecular formula is C38H34N2O3. The zero-order chi connectivity index (χ0) is 29.4. The number of carbonyl (C=O) groups excluding carboxylic acids is 1. The van der Waals surface area contributed by atoms with E-state index < -0.39 is 5.60 Å². The summed E-state index contributed by atoms with van der Waals surface area (Å²) in [6.45, 7) is 7.74. The lowest BCUT2D eigenvalue weighted by atomic mass is 9.77. The zero-order valence-corrected chi connectivity index (χ0v) is 24.5. The van der Waals surface area contributed by atoms with Crippen LogP contribution in [-0.2, 0) is 23.4 Å². The molecule has 0 N–H and O–H groups in total. The number of rotatable bonds is 8. The SMILES string of the molecule is CCN(CC)c1ccccc1CN(Cc1ccccc1)c1ccc2c(c1)Oc1ccccc1C21OC(=O)c2ccccc21. The van der Waals surface area contributed by atoms with Gasteiger partial charge in [-0.05, 0) is 55.3 Å². The fourth-order valence-corrected chi connectivity index (χ4v) is 6.58. The van der Waals surface area contributed by atoms with E-state index in [9.17, 15) is 4.79 Å². The fourth-order valence-electron chi connectivity index (χ4n) is 6.58. The first-order valence-corrected chi connectivity index (χ1v) is 15.0. The van der Waals surface area contributed by atoms with E-state index in [2.05, 4.69) is 90.4 Å². The zero-order valence-electron chi connectivity index (χ0n) is 24.5. The van der Waals surface area contributed by atoms with E-state index in [0.717, 1.165) is 48.6 Å². The van der Waals surface area contributed by atoms with Crippen molar-refractivity contribution in [3.05, 3.63) is 155 Å². The minimum Gasteiger partial charge on any atom is -0.456 e. The van der Waals surface area contributed by atoms with Gasteiger partial charge in [0.2, 0.25) is 0 Å². The van der Waals surface area contributed by atoms with Crippen molar-refractivity contribution in [2.24, 2.45) is 0 Å². The highest BCUT2D eigenvalue weighted by atomic mass is 16.6. The van der Waals surface area contributed by atoms with Crippen molar-refractivity contribution in [1.82, 2.24) is 0 Å². The molecule has 1 unspecified atom stereocenters. The fraction of sp³-hybridized carbons (Fsp3) is 0.184. The summed E-state index contributed by atoms with van der Waals surface area (Å²) in [6, 6.07) is 41.1. The third-order valence-corrected chi connectivity index (χ3v) is 8.64. The van der Waals surface area contributed by atoms with Gasteiger partial charge in [0.15, 0.2) is 5.60 Å². The van der Waals surface area contributed by atoms with Crippen molar-refractivity contribution in [1.29, 1.82) is 0 Å². The molecule has 5 nitrogen and oxygen atoms in total. The Hall–Kier alpha value is -5.03. The highest BCUT2D eigenvalue weighted by molar-refractivity contribution is 5.97. The molecule has 5 heteroatoms. The average Bonchev–Trinajstić information content (AvgIpc) is 3.35. The average molecular weight is 567 g/mol. The van der Waals surface area contributed by atoms with Gasteiger partial charge in [-0.1, -0.05) is 84.9 Å². The topological polar surface area (TPSA) is 42.0 Å². The Kier molecular flexibility index (Phi) is 6.86. The molecule has 1 atom stereocenters. The van der Waals surface area contributed by atoms with Gasteiger partial charge in [-0.15, -0.1) is 0 Å². The molecule has 0 fully saturated rings. The van der Waals surface area contributed by atoms with Crippen molar-refractivity contribution < 1.29 is 14.3 Å². The van der Waals surface area contributed by atoms with Crippen molar-refractivity contribution in [2.75, 3.05) is 22.9 Å². The number of anilines is 2. The lowest BCUT2D eigenvalue weighted by Crippen LogP contribution is -2.33. The van der Waals surface area contributed by atoms with Crippen molar-refractivity contribution in [2.45, 2.75) is 32.5 Å². The summed E-state index contributed by atoms with van der Waals surface area (Å²) in [6.07, 6.45) is 0. The van der Waals surface area contributed by atoms with Crippen molar-refractivity contribution >= 4 is 17.3 Å². The number of benzene rings is 5. The minimum atomic E-state index is -1.06. The van der Waals surface area contributed by atoms with E-state index in [1.165, 1.54) is 16.8 Å². The van der Waals surface area contributed by atoms with Crippen LogP contribution in [0.25, 0.3) is 0 Å². The Bertz CT molecular complexity index is 1800. The van der Waals surface area contributed by atoms with Gasteiger partial charge in [0.25, 0.3) is 0 Å².